The first-order valence-electron chi connectivity index (χ1n) is 6.98. The van der Waals surface area contributed by atoms with Crippen LogP contribution in [-0.2, 0) is 19.9 Å². The summed E-state index contributed by atoms with van der Waals surface area (Å²) in [6.45, 7) is 0. The summed E-state index contributed by atoms with van der Waals surface area (Å²) >= 11 is 0. The molecule has 4 N–H and O–H groups in total. The Labute approximate surface area is 130 Å². The molecule has 0 atom stereocenters. The number of nitrogen functional groups attached to an aromatic ring is 1. The third-order valence-electron chi connectivity index (χ3n) is 3.61. The van der Waals surface area contributed by atoms with E-state index in [1.54, 1.807) is 29.9 Å². The zero-order chi connectivity index (χ0) is 16.6. The summed E-state index contributed by atoms with van der Waals surface area (Å²) in [7, 11) is 1.76. The maximum absolute atomic E-state index is 11.4. The van der Waals surface area contributed by atoms with E-state index >= 15 is 0 Å². The molecule has 0 fully saturated rings. The van der Waals surface area contributed by atoms with Gasteiger partial charge >= 0.3 is 5.97 Å². The highest BCUT2D eigenvalue weighted by atomic mass is 16.4. The topological polar surface area (TPSA) is 127 Å². The maximum Gasteiger partial charge on any atom is 0.335 e. The Morgan fingerprint density at radius 2 is 2.13 bits per heavy atom. The van der Waals surface area contributed by atoms with Gasteiger partial charge in [-0.1, -0.05) is 6.07 Å². The van der Waals surface area contributed by atoms with Crippen LogP contribution in [0.5, 0.6) is 0 Å². The van der Waals surface area contributed by atoms with E-state index in [0.717, 1.165) is 16.6 Å². The van der Waals surface area contributed by atoms with Gasteiger partial charge in [-0.25, -0.2) is 9.78 Å². The number of benzene rings is 1. The molecule has 0 aliphatic carbocycles. The number of nitrogens with two attached hydrogens (primary N) is 1. The standard InChI is InChI=1S/C15H15N5O3/c1-20-12-6-8(14(22)23)2-4-10(12)11(19-20)5-3-9-7-13(21)18-15(16)17-9/h2,4,6-7H,3,5H2,1H3,(H,22,23)(H3,16,17,18,21). The first-order valence-corrected chi connectivity index (χ1v) is 6.98. The molecule has 0 saturated carbocycles. The lowest BCUT2D eigenvalue weighted by Gasteiger charge is -2.00. The molecule has 118 valence electrons. The van der Waals surface area contributed by atoms with Crippen molar-refractivity contribution in [3.63, 3.8) is 0 Å². The molecule has 1 aromatic carbocycles. The Hall–Kier alpha value is -3.16. The fourth-order valence-corrected chi connectivity index (χ4v) is 2.55. The fourth-order valence-electron chi connectivity index (χ4n) is 2.55. The van der Waals surface area contributed by atoms with Gasteiger partial charge in [-0.2, -0.15) is 5.10 Å². The molecule has 0 aliphatic heterocycles. The van der Waals surface area contributed by atoms with Gasteiger partial charge in [0, 0.05) is 18.5 Å². The number of H-pyrrole nitrogens is 1. The third-order valence-corrected chi connectivity index (χ3v) is 3.61. The zero-order valence-electron chi connectivity index (χ0n) is 12.4. The maximum atomic E-state index is 11.4. The van der Waals surface area contributed by atoms with Gasteiger partial charge in [0.05, 0.1) is 22.5 Å². The van der Waals surface area contributed by atoms with Crippen molar-refractivity contribution >= 4 is 22.8 Å². The molecule has 8 nitrogen and oxygen atoms in total. The first-order chi connectivity index (χ1) is 10.9. The minimum absolute atomic E-state index is 0.0875. The molecule has 8 heteroatoms. The van der Waals surface area contributed by atoms with Crippen molar-refractivity contribution in [3.8, 4) is 0 Å². The van der Waals surface area contributed by atoms with E-state index in [4.69, 9.17) is 10.8 Å². The van der Waals surface area contributed by atoms with Crippen LogP contribution in [0.1, 0.15) is 21.7 Å². The Morgan fingerprint density at radius 3 is 2.83 bits per heavy atom. The van der Waals surface area contributed by atoms with Crippen molar-refractivity contribution in [3.05, 3.63) is 51.6 Å². The summed E-state index contributed by atoms with van der Waals surface area (Å²) in [6, 6.07) is 6.31. The zero-order valence-corrected chi connectivity index (χ0v) is 12.4. The first kappa shape index (κ1) is 14.8. The number of aromatic nitrogens is 4. The van der Waals surface area contributed by atoms with Crippen molar-refractivity contribution in [2.45, 2.75) is 12.8 Å². The minimum Gasteiger partial charge on any atom is -0.478 e. The number of carboxylic acids is 1. The number of carboxylic acid groups (broad SMARTS) is 1. The predicted octanol–water partition coefficient (Wildman–Crippen LogP) is 0.722. The van der Waals surface area contributed by atoms with Crippen molar-refractivity contribution in [1.82, 2.24) is 19.7 Å². The smallest absolute Gasteiger partial charge is 0.335 e. The van der Waals surface area contributed by atoms with E-state index < -0.39 is 5.97 Å². The minimum atomic E-state index is -0.974. The molecule has 3 rings (SSSR count). The number of aromatic carboxylic acids is 1. The second-order valence-electron chi connectivity index (χ2n) is 5.23. The Kier molecular flexibility index (Phi) is 3.57. The summed E-state index contributed by atoms with van der Waals surface area (Å²) in [4.78, 5) is 28.9. The lowest BCUT2D eigenvalue weighted by molar-refractivity contribution is 0.0697. The SMILES string of the molecule is Cn1nc(CCc2cc(=O)[nH]c(N)n2)c2ccc(C(=O)O)cc21. The molecule has 0 saturated heterocycles. The van der Waals surface area contributed by atoms with Crippen molar-refractivity contribution < 1.29 is 9.90 Å². The summed E-state index contributed by atoms with van der Waals surface area (Å²) in [5, 5.41) is 14.4. The number of rotatable bonds is 4. The van der Waals surface area contributed by atoms with Gasteiger partial charge in [0.15, 0.2) is 0 Å². The average molecular weight is 313 g/mol. The molecule has 0 bridgehead atoms. The van der Waals surface area contributed by atoms with Gasteiger partial charge in [0.1, 0.15) is 0 Å². The molecular formula is C15H15N5O3. The second kappa shape index (κ2) is 5.56. The normalized spacial score (nSPS) is 11.0. The van der Waals surface area contributed by atoms with E-state index in [1.807, 2.05) is 0 Å². The van der Waals surface area contributed by atoms with Gasteiger partial charge in [-0.05, 0) is 25.0 Å². The monoisotopic (exact) mass is 313 g/mol. The molecule has 0 aliphatic rings. The van der Waals surface area contributed by atoms with Crippen molar-refractivity contribution in [2.75, 3.05) is 5.73 Å². The summed E-state index contributed by atoms with van der Waals surface area (Å²) < 4.78 is 1.65. The van der Waals surface area contributed by atoms with Crippen LogP contribution in [0.25, 0.3) is 10.9 Å². The highest BCUT2D eigenvalue weighted by Crippen LogP contribution is 2.21. The summed E-state index contributed by atoms with van der Waals surface area (Å²) in [6.07, 6.45) is 1.08. The quantitative estimate of drug-likeness (QED) is 0.651. The van der Waals surface area contributed by atoms with E-state index in [-0.39, 0.29) is 17.1 Å². The van der Waals surface area contributed by atoms with E-state index in [1.165, 1.54) is 6.07 Å². The Bertz CT molecular complexity index is 957. The van der Waals surface area contributed by atoms with Crippen LogP contribution in [0.4, 0.5) is 5.95 Å². The van der Waals surface area contributed by atoms with Crippen molar-refractivity contribution in [2.24, 2.45) is 7.05 Å². The molecular weight excluding hydrogens is 298 g/mol. The number of hydrogen-bond acceptors (Lipinski definition) is 5. The second-order valence-corrected chi connectivity index (χ2v) is 5.23. The van der Waals surface area contributed by atoms with Crippen LogP contribution in [0.15, 0.2) is 29.1 Å². The number of aromatic amines is 1. The third kappa shape index (κ3) is 2.91. The largest absolute Gasteiger partial charge is 0.478 e. The highest BCUT2D eigenvalue weighted by molar-refractivity contribution is 5.94. The predicted molar refractivity (Wildman–Crippen MR) is 84.4 cm³/mol. The molecule has 0 unspecified atom stereocenters. The van der Waals surface area contributed by atoms with E-state index in [2.05, 4.69) is 15.1 Å². The molecule has 2 heterocycles. The van der Waals surface area contributed by atoms with Gasteiger partial charge in [-0.3, -0.25) is 14.5 Å². The van der Waals surface area contributed by atoms with Gasteiger partial charge < -0.3 is 10.8 Å². The van der Waals surface area contributed by atoms with Crippen LogP contribution in [-0.4, -0.2) is 30.8 Å². The number of carbonyl (C=O) groups is 1. The number of aryl methyl sites for hydroxylation is 3. The number of fused-ring (bicyclic) bond motifs is 1. The van der Waals surface area contributed by atoms with E-state index in [0.29, 0.717) is 18.5 Å². The van der Waals surface area contributed by atoms with Crippen LogP contribution in [0.2, 0.25) is 0 Å². The van der Waals surface area contributed by atoms with Crippen LogP contribution >= 0.6 is 0 Å². The summed E-state index contributed by atoms with van der Waals surface area (Å²) in [5.41, 5.74) is 7.62. The number of nitrogens with one attached hydrogen (secondary N) is 1. The molecule has 2 aromatic heterocycles. The molecule has 0 amide bonds. The molecule has 0 radical (unpaired) electrons. The number of hydrogen-bond donors (Lipinski definition) is 3. The van der Waals surface area contributed by atoms with Gasteiger partial charge in [-0.15, -0.1) is 0 Å². The lowest BCUT2D eigenvalue weighted by atomic mass is 10.1. The van der Waals surface area contributed by atoms with E-state index in [9.17, 15) is 9.59 Å². The van der Waals surface area contributed by atoms with Crippen LogP contribution in [0, 0.1) is 0 Å². The Balaban J connectivity index is 1.91. The molecule has 3 aromatic rings. The van der Waals surface area contributed by atoms with Gasteiger partial charge in [0.25, 0.3) is 5.56 Å². The van der Waals surface area contributed by atoms with Crippen LogP contribution < -0.4 is 11.3 Å². The Morgan fingerprint density at radius 1 is 1.35 bits per heavy atom. The summed E-state index contributed by atoms with van der Waals surface area (Å²) in [5.74, 6) is -0.887. The molecule has 0 spiro atoms. The number of anilines is 1. The van der Waals surface area contributed by atoms with Gasteiger partial charge in [0.2, 0.25) is 5.95 Å². The lowest BCUT2D eigenvalue weighted by Crippen LogP contribution is -2.12. The average Bonchev–Trinajstić information content (AvgIpc) is 2.80. The van der Waals surface area contributed by atoms with Crippen LogP contribution in [0.3, 0.4) is 0 Å². The fraction of sp³-hybridized carbons (Fsp3) is 0.200. The van der Waals surface area contributed by atoms with Crippen molar-refractivity contribution in [1.29, 1.82) is 0 Å². The number of nitrogens with zero attached hydrogens (tertiary/aromatic N) is 3. The highest BCUT2D eigenvalue weighted by Gasteiger charge is 2.12. The molecule has 23 heavy (non-hydrogen) atoms.